The highest BCUT2D eigenvalue weighted by molar-refractivity contribution is 7.46. The van der Waals surface area contributed by atoms with E-state index < -0.39 is 59.6 Å². The Labute approximate surface area is 147 Å². The molecule has 26 heavy (non-hydrogen) atoms. The summed E-state index contributed by atoms with van der Waals surface area (Å²) in [6.07, 6.45) is -5.80. The molecule has 8 N–H and O–H groups in total. The fourth-order valence-electron chi connectivity index (χ4n) is 1.62. The lowest BCUT2D eigenvalue weighted by molar-refractivity contribution is -0.111. The van der Waals surface area contributed by atoms with Crippen LogP contribution in [-0.4, -0.2) is 90.2 Å². The number of hydrogen-bond donors (Lipinski definition) is 8. The predicted octanol–water partition coefficient (Wildman–Crippen LogP) is -3.03. The van der Waals surface area contributed by atoms with Crippen LogP contribution in [0.2, 0.25) is 0 Å². The number of ether oxygens (including phenoxy) is 1. The molecule has 1 heterocycles. The Kier molecular flexibility index (Phi) is 11.4. The molecule has 0 aromatic rings. The lowest BCUT2D eigenvalue weighted by atomic mass is 10.2. The summed E-state index contributed by atoms with van der Waals surface area (Å²) in [5, 5.41) is 35.6. The third-order valence-corrected chi connectivity index (χ3v) is 3.82. The Balaban J connectivity index is 0.000000481. The number of phosphoric ester groups is 2. The van der Waals surface area contributed by atoms with E-state index in [0.717, 1.165) is 0 Å². The van der Waals surface area contributed by atoms with Crippen LogP contribution in [0.3, 0.4) is 0 Å². The second-order valence-corrected chi connectivity index (χ2v) is 7.44. The fourth-order valence-corrected chi connectivity index (χ4v) is 2.41. The Morgan fingerprint density at radius 2 is 1.69 bits per heavy atom. The summed E-state index contributed by atoms with van der Waals surface area (Å²) in [6.45, 7) is -1.14. The monoisotopic (exact) mass is 428 g/mol. The summed E-state index contributed by atoms with van der Waals surface area (Å²) >= 11 is 0. The minimum atomic E-state index is -4.64. The van der Waals surface area contributed by atoms with Gasteiger partial charge in [-0.2, -0.15) is 0 Å². The molecule has 1 rings (SSSR count). The van der Waals surface area contributed by atoms with Gasteiger partial charge in [0, 0.05) is 12.8 Å². The van der Waals surface area contributed by atoms with E-state index >= 15 is 0 Å². The van der Waals surface area contributed by atoms with Crippen molar-refractivity contribution in [2.45, 2.75) is 43.5 Å². The van der Waals surface area contributed by atoms with E-state index in [-0.39, 0.29) is 12.8 Å². The third-order valence-electron chi connectivity index (χ3n) is 2.82. The van der Waals surface area contributed by atoms with Crippen LogP contribution in [-0.2, 0) is 27.7 Å². The maximum absolute atomic E-state index is 10.3. The largest absolute Gasteiger partial charge is 0.471 e. The van der Waals surface area contributed by atoms with Crippen LogP contribution in [0.1, 0.15) is 12.8 Å². The van der Waals surface area contributed by atoms with E-state index in [1.807, 2.05) is 0 Å². The van der Waals surface area contributed by atoms with Gasteiger partial charge in [0.05, 0.1) is 25.4 Å². The highest BCUT2D eigenvalue weighted by atomic mass is 31.2. The van der Waals surface area contributed by atoms with Gasteiger partial charge in [-0.25, -0.2) is 9.13 Å². The normalized spacial score (nSPS) is 25.9. The SMILES string of the molecule is O=CCC(O)C(O)COP(=O)(O)O.O=P(O)(O)O[C@@H]1C[C@H](O)[C@@H](CO)O1. The molecule has 2 unspecified atom stereocenters. The van der Waals surface area contributed by atoms with Crippen LogP contribution in [0.15, 0.2) is 0 Å². The maximum Gasteiger partial charge on any atom is 0.471 e. The van der Waals surface area contributed by atoms with Gasteiger partial charge in [-0.05, 0) is 0 Å². The third kappa shape index (κ3) is 12.1. The quantitative estimate of drug-likeness (QED) is 0.135. The molecule has 0 saturated carbocycles. The van der Waals surface area contributed by atoms with E-state index in [4.69, 9.17) is 44.7 Å². The van der Waals surface area contributed by atoms with Gasteiger partial charge in [-0.15, -0.1) is 0 Å². The van der Waals surface area contributed by atoms with Crippen LogP contribution in [0.25, 0.3) is 0 Å². The van der Waals surface area contributed by atoms with Crippen LogP contribution in [0.5, 0.6) is 0 Å². The molecule has 0 radical (unpaired) electrons. The molecule has 1 aliphatic rings. The van der Waals surface area contributed by atoms with Crippen molar-refractivity contribution in [3.8, 4) is 0 Å². The molecule has 0 bridgehead atoms. The molecule has 5 atom stereocenters. The fraction of sp³-hybridized carbons (Fsp3) is 0.900. The van der Waals surface area contributed by atoms with Crippen LogP contribution < -0.4 is 0 Å². The van der Waals surface area contributed by atoms with Gasteiger partial charge < -0.3 is 49.5 Å². The van der Waals surface area contributed by atoms with E-state index in [1.54, 1.807) is 0 Å². The molecule has 14 nitrogen and oxygen atoms in total. The molecule has 0 spiro atoms. The summed E-state index contributed by atoms with van der Waals surface area (Å²) < 4.78 is 33.3. The minimum absolute atomic E-state index is 0.0592. The lowest BCUT2D eigenvalue weighted by Crippen LogP contribution is -2.30. The average molecular weight is 428 g/mol. The van der Waals surface area contributed by atoms with Crippen molar-refractivity contribution in [2.75, 3.05) is 13.2 Å². The second kappa shape index (κ2) is 11.5. The number of carbonyl (C=O) groups is 1. The molecule has 0 amide bonds. The first-order valence-corrected chi connectivity index (χ1v) is 10.0. The predicted molar refractivity (Wildman–Crippen MR) is 80.2 cm³/mol. The zero-order chi connectivity index (χ0) is 20.5. The first-order chi connectivity index (χ1) is 11.8. The summed E-state index contributed by atoms with van der Waals surface area (Å²) in [7, 11) is -9.23. The van der Waals surface area contributed by atoms with Gasteiger partial charge in [0.1, 0.15) is 18.5 Å². The summed E-state index contributed by atoms with van der Waals surface area (Å²) in [5.74, 6) is 0. The van der Waals surface area contributed by atoms with Crippen molar-refractivity contribution < 1.29 is 67.7 Å². The Morgan fingerprint density at radius 3 is 2.08 bits per heavy atom. The van der Waals surface area contributed by atoms with Gasteiger partial charge in [0.15, 0.2) is 6.29 Å². The van der Waals surface area contributed by atoms with Gasteiger partial charge in [0.25, 0.3) is 0 Å². The zero-order valence-corrected chi connectivity index (χ0v) is 15.0. The number of hydrogen-bond acceptors (Lipinski definition) is 10. The molecule has 0 aromatic carbocycles. The molecular formula is C10H22O14P2. The van der Waals surface area contributed by atoms with Gasteiger partial charge in [0.2, 0.25) is 0 Å². The molecule has 0 aromatic heterocycles. The number of aliphatic hydroxyl groups excluding tert-OH is 4. The van der Waals surface area contributed by atoms with Crippen molar-refractivity contribution in [3.05, 3.63) is 0 Å². The van der Waals surface area contributed by atoms with Crippen LogP contribution in [0, 0.1) is 0 Å². The molecule has 16 heteroatoms. The molecule has 1 fully saturated rings. The second-order valence-electron chi connectivity index (χ2n) is 5.01. The van der Waals surface area contributed by atoms with Crippen molar-refractivity contribution in [1.29, 1.82) is 0 Å². The summed E-state index contributed by atoms with van der Waals surface area (Å²) in [5.41, 5.74) is 0. The number of carbonyl (C=O) groups excluding carboxylic acids is 1. The molecule has 156 valence electrons. The minimum Gasteiger partial charge on any atom is -0.394 e. The molecule has 1 aliphatic heterocycles. The van der Waals surface area contributed by atoms with E-state index in [9.17, 15) is 13.9 Å². The Bertz CT molecular complexity index is 502. The van der Waals surface area contributed by atoms with Gasteiger partial charge in [-0.3, -0.25) is 9.05 Å². The lowest BCUT2D eigenvalue weighted by Gasteiger charge is -2.15. The number of aliphatic hydroxyl groups is 4. The first kappa shape index (κ1) is 25.7. The average Bonchev–Trinajstić information content (AvgIpc) is 2.82. The number of aldehydes is 1. The first-order valence-electron chi connectivity index (χ1n) is 6.97. The Morgan fingerprint density at radius 1 is 1.12 bits per heavy atom. The van der Waals surface area contributed by atoms with Crippen molar-refractivity contribution in [1.82, 2.24) is 0 Å². The topological polar surface area (TPSA) is 241 Å². The number of phosphoric acid groups is 2. The molecule has 1 saturated heterocycles. The van der Waals surface area contributed by atoms with Crippen molar-refractivity contribution in [3.63, 3.8) is 0 Å². The maximum atomic E-state index is 10.3. The molecule has 0 aliphatic carbocycles. The number of rotatable bonds is 9. The summed E-state index contributed by atoms with van der Waals surface area (Å²) in [4.78, 5) is 43.0. The zero-order valence-electron chi connectivity index (χ0n) is 13.2. The summed E-state index contributed by atoms with van der Waals surface area (Å²) in [6, 6.07) is 0. The highest BCUT2D eigenvalue weighted by Crippen LogP contribution is 2.40. The van der Waals surface area contributed by atoms with Crippen LogP contribution >= 0.6 is 15.6 Å². The highest BCUT2D eigenvalue weighted by Gasteiger charge is 2.37. The van der Waals surface area contributed by atoms with Crippen molar-refractivity contribution in [2.24, 2.45) is 0 Å². The van der Waals surface area contributed by atoms with E-state index in [0.29, 0.717) is 6.29 Å². The smallest absolute Gasteiger partial charge is 0.394 e. The van der Waals surface area contributed by atoms with Gasteiger partial charge in [-0.1, -0.05) is 0 Å². The van der Waals surface area contributed by atoms with Gasteiger partial charge >= 0.3 is 15.6 Å². The van der Waals surface area contributed by atoms with Crippen LogP contribution in [0.4, 0.5) is 0 Å². The molecular weight excluding hydrogens is 406 g/mol. The Hall–Kier alpha value is -0.310. The van der Waals surface area contributed by atoms with E-state index in [1.165, 1.54) is 0 Å². The van der Waals surface area contributed by atoms with Crippen molar-refractivity contribution >= 4 is 21.9 Å². The van der Waals surface area contributed by atoms with E-state index in [2.05, 4.69) is 9.05 Å². The standard InChI is InChI=1S/2C5H11O7P/c6-2-4-3(7)1-5(11-4)12-13(8,9)10;6-2-1-4(7)5(8)3-12-13(9,10)11/h3-7H,1-2H2,(H2,8,9,10);2,4-5,7-8H,1,3H2,(H2,9,10,11)/t3-,4+,5+;/m0./s1.